The largest absolute Gasteiger partial charge is 0.489 e. The standard InChI is InChI=1S/C15H24BrNO2/c1-11(18-5)10-19-14-12(7-6-8-13(14)16)9-17-15(2,3)4/h6-8,11,17H,9-10H2,1-5H3. The van der Waals surface area contributed by atoms with E-state index in [1.807, 2.05) is 19.1 Å². The van der Waals surface area contributed by atoms with Crippen molar-refractivity contribution in [2.75, 3.05) is 13.7 Å². The zero-order valence-electron chi connectivity index (χ0n) is 12.4. The van der Waals surface area contributed by atoms with Crippen molar-refractivity contribution in [3.05, 3.63) is 28.2 Å². The first-order valence-electron chi connectivity index (χ1n) is 6.51. The number of nitrogens with one attached hydrogen (secondary N) is 1. The van der Waals surface area contributed by atoms with Crippen molar-refractivity contribution in [1.82, 2.24) is 5.32 Å². The zero-order chi connectivity index (χ0) is 14.5. The Morgan fingerprint density at radius 1 is 1.32 bits per heavy atom. The van der Waals surface area contributed by atoms with Gasteiger partial charge in [0.2, 0.25) is 0 Å². The summed E-state index contributed by atoms with van der Waals surface area (Å²) in [7, 11) is 1.69. The van der Waals surface area contributed by atoms with E-state index in [0.29, 0.717) is 6.61 Å². The van der Waals surface area contributed by atoms with Gasteiger partial charge in [-0.05, 0) is 49.7 Å². The van der Waals surface area contributed by atoms with Gasteiger partial charge in [0.05, 0.1) is 10.6 Å². The van der Waals surface area contributed by atoms with E-state index in [4.69, 9.17) is 9.47 Å². The van der Waals surface area contributed by atoms with Crippen LogP contribution < -0.4 is 10.1 Å². The van der Waals surface area contributed by atoms with Gasteiger partial charge in [-0.1, -0.05) is 12.1 Å². The van der Waals surface area contributed by atoms with Gasteiger partial charge in [-0.15, -0.1) is 0 Å². The predicted octanol–water partition coefficient (Wildman–Crippen LogP) is 3.75. The van der Waals surface area contributed by atoms with E-state index >= 15 is 0 Å². The van der Waals surface area contributed by atoms with E-state index in [2.05, 4.69) is 48.1 Å². The monoisotopic (exact) mass is 329 g/mol. The Balaban J connectivity index is 2.77. The number of methoxy groups -OCH3 is 1. The Morgan fingerprint density at radius 2 is 2.00 bits per heavy atom. The molecule has 4 heteroatoms. The Hall–Kier alpha value is -0.580. The Morgan fingerprint density at radius 3 is 2.58 bits per heavy atom. The number of rotatable bonds is 6. The van der Waals surface area contributed by atoms with Crippen LogP contribution in [0.25, 0.3) is 0 Å². The molecular formula is C15H24BrNO2. The summed E-state index contributed by atoms with van der Waals surface area (Å²) in [6.07, 6.45) is 0.0792. The van der Waals surface area contributed by atoms with E-state index < -0.39 is 0 Å². The molecule has 0 heterocycles. The molecule has 0 radical (unpaired) electrons. The third-order valence-electron chi connectivity index (χ3n) is 2.72. The molecule has 3 nitrogen and oxygen atoms in total. The minimum atomic E-state index is 0.0792. The molecular weight excluding hydrogens is 306 g/mol. The van der Waals surface area contributed by atoms with Gasteiger partial charge in [0.15, 0.2) is 0 Å². The molecule has 0 aliphatic carbocycles. The highest BCUT2D eigenvalue weighted by molar-refractivity contribution is 9.10. The van der Waals surface area contributed by atoms with Crippen LogP contribution in [0.3, 0.4) is 0 Å². The second kappa shape index (κ2) is 7.27. The van der Waals surface area contributed by atoms with Crippen LogP contribution >= 0.6 is 15.9 Å². The van der Waals surface area contributed by atoms with Crippen molar-refractivity contribution in [3.63, 3.8) is 0 Å². The normalized spacial score (nSPS) is 13.4. The van der Waals surface area contributed by atoms with Crippen LogP contribution in [0.4, 0.5) is 0 Å². The van der Waals surface area contributed by atoms with E-state index in [1.165, 1.54) is 0 Å². The van der Waals surface area contributed by atoms with Gasteiger partial charge in [0, 0.05) is 24.8 Å². The number of ether oxygens (including phenoxy) is 2. The van der Waals surface area contributed by atoms with Gasteiger partial charge in [-0.3, -0.25) is 0 Å². The minimum absolute atomic E-state index is 0.0792. The summed E-state index contributed by atoms with van der Waals surface area (Å²) in [5.74, 6) is 0.892. The minimum Gasteiger partial charge on any atom is -0.489 e. The van der Waals surface area contributed by atoms with Crippen LogP contribution in [0.1, 0.15) is 33.3 Å². The van der Waals surface area contributed by atoms with Gasteiger partial charge in [-0.25, -0.2) is 0 Å². The molecule has 0 saturated carbocycles. The van der Waals surface area contributed by atoms with Crippen molar-refractivity contribution in [2.45, 2.75) is 45.9 Å². The van der Waals surface area contributed by atoms with Crippen LogP contribution in [0, 0.1) is 0 Å². The molecule has 1 aromatic rings. The third-order valence-corrected chi connectivity index (χ3v) is 3.35. The molecule has 0 saturated heterocycles. The van der Waals surface area contributed by atoms with E-state index in [1.54, 1.807) is 7.11 Å². The lowest BCUT2D eigenvalue weighted by atomic mass is 10.1. The first-order chi connectivity index (χ1) is 8.83. The van der Waals surface area contributed by atoms with E-state index in [0.717, 1.165) is 22.3 Å². The number of benzene rings is 1. The molecule has 1 rings (SSSR count). The van der Waals surface area contributed by atoms with Crippen LogP contribution in [0.15, 0.2) is 22.7 Å². The fourth-order valence-electron chi connectivity index (χ4n) is 1.48. The van der Waals surface area contributed by atoms with Crippen LogP contribution in [-0.2, 0) is 11.3 Å². The van der Waals surface area contributed by atoms with Crippen molar-refractivity contribution in [2.24, 2.45) is 0 Å². The molecule has 1 N–H and O–H groups in total. The predicted molar refractivity (Wildman–Crippen MR) is 82.7 cm³/mol. The summed E-state index contributed by atoms with van der Waals surface area (Å²) >= 11 is 3.55. The molecule has 0 aliphatic rings. The maximum Gasteiger partial charge on any atom is 0.138 e. The quantitative estimate of drug-likeness (QED) is 0.862. The van der Waals surface area contributed by atoms with Crippen molar-refractivity contribution in [3.8, 4) is 5.75 Å². The average Bonchev–Trinajstić information content (AvgIpc) is 2.33. The maximum absolute atomic E-state index is 5.87. The molecule has 0 aromatic heterocycles. The zero-order valence-corrected chi connectivity index (χ0v) is 14.0. The fourth-order valence-corrected chi connectivity index (χ4v) is 2.01. The highest BCUT2D eigenvalue weighted by atomic mass is 79.9. The lowest BCUT2D eigenvalue weighted by Crippen LogP contribution is -2.35. The second-order valence-corrected chi connectivity index (χ2v) is 6.54. The smallest absolute Gasteiger partial charge is 0.138 e. The van der Waals surface area contributed by atoms with Crippen molar-refractivity contribution in [1.29, 1.82) is 0 Å². The molecule has 0 bridgehead atoms. The first-order valence-corrected chi connectivity index (χ1v) is 7.31. The topological polar surface area (TPSA) is 30.5 Å². The van der Waals surface area contributed by atoms with Crippen molar-refractivity contribution < 1.29 is 9.47 Å². The van der Waals surface area contributed by atoms with Gasteiger partial charge in [0.1, 0.15) is 12.4 Å². The summed E-state index contributed by atoms with van der Waals surface area (Å²) in [6, 6.07) is 6.10. The molecule has 0 amide bonds. The molecule has 1 aromatic carbocycles. The summed E-state index contributed by atoms with van der Waals surface area (Å²) in [6.45, 7) is 9.76. The summed E-state index contributed by atoms with van der Waals surface area (Å²) in [5.41, 5.74) is 1.23. The maximum atomic E-state index is 5.87. The third kappa shape index (κ3) is 5.93. The second-order valence-electron chi connectivity index (χ2n) is 5.69. The van der Waals surface area contributed by atoms with Crippen LogP contribution in [0.2, 0.25) is 0 Å². The first kappa shape index (κ1) is 16.5. The van der Waals surface area contributed by atoms with Gasteiger partial charge < -0.3 is 14.8 Å². The molecule has 0 aliphatic heterocycles. The van der Waals surface area contributed by atoms with E-state index in [-0.39, 0.29) is 11.6 Å². The number of hydrogen-bond acceptors (Lipinski definition) is 3. The van der Waals surface area contributed by atoms with E-state index in [9.17, 15) is 0 Å². The van der Waals surface area contributed by atoms with Gasteiger partial charge in [-0.2, -0.15) is 0 Å². The molecule has 0 spiro atoms. The summed E-state index contributed by atoms with van der Waals surface area (Å²) in [4.78, 5) is 0. The van der Waals surface area contributed by atoms with Gasteiger partial charge >= 0.3 is 0 Å². The molecule has 108 valence electrons. The molecule has 1 atom stereocenters. The Bertz CT molecular complexity index is 402. The summed E-state index contributed by atoms with van der Waals surface area (Å²) in [5, 5.41) is 3.48. The van der Waals surface area contributed by atoms with Crippen LogP contribution in [-0.4, -0.2) is 25.4 Å². The highest BCUT2D eigenvalue weighted by Gasteiger charge is 2.13. The Labute approximate surface area is 124 Å². The highest BCUT2D eigenvalue weighted by Crippen LogP contribution is 2.29. The lowest BCUT2D eigenvalue weighted by Gasteiger charge is -2.22. The molecule has 1 unspecified atom stereocenters. The fraction of sp³-hybridized carbons (Fsp3) is 0.600. The van der Waals surface area contributed by atoms with Gasteiger partial charge in [0.25, 0.3) is 0 Å². The van der Waals surface area contributed by atoms with Crippen LogP contribution in [0.5, 0.6) is 5.75 Å². The number of halogens is 1. The number of hydrogen-bond donors (Lipinski definition) is 1. The lowest BCUT2D eigenvalue weighted by molar-refractivity contribution is 0.0709. The molecule has 19 heavy (non-hydrogen) atoms. The number of para-hydroxylation sites is 1. The Kier molecular flexibility index (Phi) is 6.30. The SMILES string of the molecule is COC(C)COc1c(Br)cccc1CNC(C)(C)C. The average molecular weight is 330 g/mol. The molecule has 0 fully saturated rings. The van der Waals surface area contributed by atoms with Crippen molar-refractivity contribution >= 4 is 15.9 Å². The summed E-state index contributed by atoms with van der Waals surface area (Å²) < 4.78 is 12.1.